The van der Waals surface area contributed by atoms with Gasteiger partial charge in [-0.1, -0.05) is 152 Å². The lowest BCUT2D eigenvalue weighted by Crippen LogP contribution is -2.36. The lowest BCUT2D eigenvalue weighted by molar-refractivity contribution is 0.262. The molecule has 0 saturated carbocycles. The van der Waals surface area contributed by atoms with Crippen molar-refractivity contribution in [3.63, 3.8) is 0 Å². The topological polar surface area (TPSA) is 58.0 Å². The molecule has 51 heavy (non-hydrogen) atoms. The number of amidine groups is 2. The normalized spacial score (nSPS) is 16.5. The van der Waals surface area contributed by atoms with E-state index < -0.39 is 6.17 Å². The van der Waals surface area contributed by atoms with E-state index in [2.05, 4.69) is 156 Å². The summed E-state index contributed by atoms with van der Waals surface area (Å²) < 4.78 is 6.71. The Labute approximate surface area is 295 Å². The molecule has 0 amide bonds. The van der Waals surface area contributed by atoms with Gasteiger partial charge in [0.1, 0.15) is 11.7 Å². The average Bonchev–Trinajstić information content (AvgIpc) is 3.68. The van der Waals surface area contributed by atoms with Crippen molar-refractivity contribution >= 4 is 49.7 Å². The fourth-order valence-electron chi connectivity index (χ4n) is 7.37. The minimum absolute atomic E-state index is 0.256. The Morgan fingerprint density at radius 3 is 1.90 bits per heavy atom. The first kappa shape index (κ1) is 29.2. The largest absolute Gasteiger partial charge is 0.464 e. The van der Waals surface area contributed by atoms with Gasteiger partial charge < -0.3 is 15.4 Å². The monoisotopic (exact) mass is 656 g/mol. The summed E-state index contributed by atoms with van der Waals surface area (Å²) in [5.74, 6) is 2.49. The Kier molecular flexibility index (Phi) is 6.88. The molecule has 0 fully saturated rings. The molecule has 0 bridgehead atoms. The van der Waals surface area contributed by atoms with Gasteiger partial charge in [-0.2, -0.15) is 0 Å². The van der Waals surface area contributed by atoms with E-state index in [1.54, 1.807) is 0 Å². The van der Waals surface area contributed by atoms with Gasteiger partial charge in [0.15, 0.2) is 18.1 Å². The fraction of sp³-hybridized carbons (Fsp3) is 0.0435. The van der Waals surface area contributed by atoms with E-state index in [-0.39, 0.29) is 6.23 Å². The highest BCUT2D eigenvalue weighted by atomic mass is 16.5. The summed E-state index contributed by atoms with van der Waals surface area (Å²) in [7, 11) is 0. The number of benzene rings is 8. The van der Waals surface area contributed by atoms with Crippen molar-refractivity contribution in [2.75, 3.05) is 5.32 Å². The predicted octanol–water partition coefficient (Wildman–Crippen LogP) is 10.8. The van der Waals surface area contributed by atoms with Gasteiger partial charge >= 0.3 is 0 Å². The number of aliphatic imine (C=N–C) groups is 2. The molecule has 0 aliphatic carbocycles. The molecular formula is C46H32N4O. The number of ether oxygens (including phenoxy) is 1. The standard InChI is InChI=1S/C46H32N4O/c1-3-13-30(14-4-1)43-48-44(50-45(49-43)36-23-22-29-12-7-8-17-32(29)26-36)35-19-11-18-33(27-35)34-24-25-38-37-20-9-10-21-39(37)41-42(40(38)28-34)51-46(47-41)31-15-5-2-6-16-31/h1-28,44,46-47H,(H,48,49,50). The Morgan fingerprint density at radius 1 is 0.431 bits per heavy atom. The number of hydrogen-bond acceptors (Lipinski definition) is 5. The maximum atomic E-state index is 6.71. The van der Waals surface area contributed by atoms with Gasteiger partial charge in [-0.3, -0.25) is 0 Å². The van der Waals surface area contributed by atoms with Crippen LogP contribution in [0.25, 0.3) is 43.4 Å². The highest BCUT2D eigenvalue weighted by Crippen LogP contribution is 2.49. The Morgan fingerprint density at radius 2 is 1.06 bits per heavy atom. The van der Waals surface area contributed by atoms with E-state index >= 15 is 0 Å². The van der Waals surface area contributed by atoms with Crippen LogP contribution in [0.1, 0.15) is 34.6 Å². The lowest BCUT2D eigenvalue weighted by Gasteiger charge is -2.23. The van der Waals surface area contributed by atoms with Gasteiger partial charge in [-0.05, 0) is 56.4 Å². The van der Waals surface area contributed by atoms with E-state index in [4.69, 9.17) is 14.7 Å². The molecule has 8 aromatic carbocycles. The van der Waals surface area contributed by atoms with Gasteiger partial charge in [0.2, 0.25) is 0 Å². The van der Waals surface area contributed by atoms with Gasteiger partial charge in [-0.15, -0.1) is 0 Å². The fourth-order valence-corrected chi connectivity index (χ4v) is 7.37. The van der Waals surface area contributed by atoms with Gasteiger partial charge in [0.25, 0.3) is 0 Å². The molecule has 2 atom stereocenters. The summed E-state index contributed by atoms with van der Waals surface area (Å²) in [5.41, 5.74) is 7.39. The smallest absolute Gasteiger partial charge is 0.196 e. The molecule has 0 aromatic heterocycles. The van der Waals surface area contributed by atoms with Crippen molar-refractivity contribution in [1.29, 1.82) is 0 Å². The van der Waals surface area contributed by atoms with Crippen molar-refractivity contribution in [3.8, 4) is 16.9 Å². The van der Waals surface area contributed by atoms with Crippen LogP contribution in [0.15, 0.2) is 180 Å². The maximum Gasteiger partial charge on any atom is 0.196 e. The maximum absolute atomic E-state index is 6.71. The SMILES string of the molecule is c1ccc(C2=NC(c3cccc(-c4ccc5c(c4)c4c(c6ccccc65)NC(c5ccccc5)O4)c3)N=C(c3ccc4ccccc4c3)N2)cc1. The minimum Gasteiger partial charge on any atom is -0.464 e. The molecule has 2 unspecified atom stereocenters. The van der Waals surface area contributed by atoms with Crippen LogP contribution < -0.4 is 15.4 Å². The first-order valence-electron chi connectivity index (χ1n) is 17.3. The van der Waals surface area contributed by atoms with Crippen LogP contribution >= 0.6 is 0 Å². The summed E-state index contributed by atoms with van der Waals surface area (Å²) in [6.45, 7) is 0. The number of nitrogens with one attached hydrogen (secondary N) is 2. The van der Waals surface area contributed by atoms with Crippen molar-refractivity contribution < 1.29 is 4.74 Å². The molecule has 242 valence electrons. The quantitative estimate of drug-likeness (QED) is 0.181. The van der Waals surface area contributed by atoms with E-state index in [9.17, 15) is 0 Å². The molecule has 5 heteroatoms. The molecular weight excluding hydrogens is 625 g/mol. The zero-order valence-corrected chi connectivity index (χ0v) is 27.6. The molecule has 10 rings (SSSR count). The molecule has 5 nitrogen and oxygen atoms in total. The van der Waals surface area contributed by atoms with E-state index in [1.807, 2.05) is 24.3 Å². The first-order valence-corrected chi connectivity index (χ1v) is 17.3. The Hall–Kier alpha value is -6.72. The second kappa shape index (κ2) is 12.0. The minimum atomic E-state index is -0.421. The van der Waals surface area contributed by atoms with Crippen LogP contribution in [-0.4, -0.2) is 11.7 Å². The zero-order valence-electron chi connectivity index (χ0n) is 27.6. The summed E-state index contributed by atoms with van der Waals surface area (Å²) >= 11 is 0. The first-order chi connectivity index (χ1) is 25.2. The summed E-state index contributed by atoms with van der Waals surface area (Å²) in [5, 5.41) is 14.2. The number of hydrogen-bond donors (Lipinski definition) is 2. The average molecular weight is 657 g/mol. The van der Waals surface area contributed by atoms with Crippen molar-refractivity contribution in [3.05, 3.63) is 192 Å². The number of rotatable bonds is 5. The summed E-state index contributed by atoms with van der Waals surface area (Å²) in [6, 6.07) is 59.4. The highest BCUT2D eigenvalue weighted by Gasteiger charge is 2.28. The van der Waals surface area contributed by atoms with Crippen LogP contribution in [0, 0.1) is 0 Å². The van der Waals surface area contributed by atoms with Crippen molar-refractivity contribution in [1.82, 2.24) is 5.32 Å². The molecule has 8 aromatic rings. The van der Waals surface area contributed by atoms with Crippen molar-refractivity contribution in [2.24, 2.45) is 9.98 Å². The van der Waals surface area contributed by atoms with E-state index in [0.29, 0.717) is 0 Å². The van der Waals surface area contributed by atoms with Crippen LogP contribution in [0.5, 0.6) is 5.75 Å². The molecule has 0 spiro atoms. The van der Waals surface area contributed by atoms with Gasteiger partial charge in [0.05, 0.1) is 5.69 Å². The number of anilines is 1. The van der Waals surface area contributed by atoms with Crippen LogP contribution in [0.2, 0.25) is 0 Å². The molecule has 0 saturated heterocycles. The second-order valence-electron chi connectivity index (χ2n) is 13.1. The highest BCUT2D eigenvalue weighted by molar-refractivity contribution is 6.18. The summed E-state index contributed by atoms with van der Waals surface area (Å²) in [4.78, 5) is 10.4. The number of fused-ring (bicyclic) bond motifs is 7. The third-order valence-corrected chi connectivity index (χ3v) is 9.92. The molecule has 2 heterocycles. The van der Waals surface area contributed by atoms with E-state index in [1.165, 1.54) is 21.5 Å². The zero-order chi connectivity index (χ0) is 33.7. The molecule has 2 aliphatic heterocycles. The molecule has 2 aliphatic rings. The lowest BCUT2D eigenvalue weighted by atomic mass is 9.95. The van der Waals surface area contributed by atoms with Crippen LogP contribution in [0.4, 0.5) is 5.69 Å². The van der Waals surface area contributed by atoms with Crippen molar-refractivity contribution in [2.45, 2.75) is 12.4 Å². The van der Waals surface area contributed by atoms with E-state index in [0.717, 1.165) is 67.3 Å². The van der Waals surface area contributed by atoms with Crippen LogP contribution in [0.3, 0.4) is 0 Å². The number of nitrogens with zero attached hydrogens (tertiary/aromatic N) is 2. The third-order valence-electron chi connectivity index (χ3n) is 9.92. The third kappa shape index (κ3) is 5.18. The molecule has 2 N–H and O–H groups in total. The summed E-state index contributed by atoms with van der Waals surface area (Å²) in [6.07, 6.45) is -0.677. The van der Waals surface area contributed by atoms with Gasteiger partial charge in [-0.25, -0.2) is 9.98 Å². The predicted molar refractivity (Wildman–Crippen MR) is 210 cm³/mol. The van der Waals surface area contributed by atoms with Gasteiger partial charge in [0, 0.05) is 27.5 Å². The Bertz CT molecular complexity index is 2680. The Balaban J connectivity index is 1.07. The molecule has 0 radical (unpaired) electrons. The van der Waals surface area contributed by atoms with Crippen LogP contribution in [-0.2, 0) is 0 Å². The second-order valence-corrected chi connectivity index (χ2v) is 13.1.